The van der Waals surface area contributed by atoms with E-state index >= 15 is 0 Å². The number of nitrogens with one attached hydrogen (secondary N) is 1. The first-order chi connectivity index (χ1) is 22.4. The number of carbonyl (C=O) groups is 3. The van der Waals surface area contributed by atoms with Crippen LogP contribution in [0.5, 0.6) is 6.01 Å². The van der Waals surface area contributed by atoms with Gasteiger partial charge in [0.25, 0.3) is 0 Å². The number of benzene rings is 1. The first-order valence-corrected chi connectivity index (χ1v) is 16.2. The molecule has 3 heterocycles. The normalized spacial score (nSPS) is 15.1. The SMILES string of the molecule is CCCCOc1nc(N)c2[nH]c(=O)n(CCCN(Cc3ccc(CC(=O)OC)cc3)C(=O)CN3CCC[C@@H]3C(=O)OC(C)(C)C)c2n1. The molecule has 0 aliphatic carbocycles. The highest BCUT2D eigenvalue weighted by molar-refractivity contribution is 5.82. The second kappa shape index (κ2) is 15.9. The van der Waals surface area contributed by atoms with Crippen molar-refractivity contribution in [1.29, 1.82) is 0 Å². The highest BCUT2D eigenvalue weighted by Gasteiger charge is 2.35. The average molecular weight is 654 g/mol. The van der Waals surface area contributed by atoms with E-state index in [0.29, 0.717) is 50.2 Å². The highest BCUT2D eigenvalue weighted by atomic mass is 16.6. The van der Waals surface area contributed by atoms with Gasteiger partial charge in [-0.3, -0.25) is 23.9 Å². The van der Waals surface area contributed by atoms with Crippen LogP contribution in [-0.2, 0) is 43.4 Å². The fraction of sp³-hybridized carbons (Fsp3) is 0.576. The fourth-order valence-electron chi connectivity index (χ4n) is 5.47. The predicted octanol–water partition coefficient (Wildman–Crippen LogP) is 2.82. The average Bonchev–Trinajstić information content (AvgIpc) is 3.61. The maximum absolute atomic E-state index is 13.8. The molecule has 1 atom stereocenters. The Morgan fingerprint density at radius 2 is 1.83 bits per heavy atom. The van der Waals surface area contributed by atoms with Gasteiger partial charge in [-0.15, -0.1) is 0 Å². The molecule has 14 nitrogen and oxygen atoms in total. The number of anilines is 1. The number of nitrogens with zero attached hydrogens (tertiary/aromatic N) is 5. The standard InChI is InChI=1S/C33H47N7O7/c1-6-7-18-46-31-36-28(34)27-29(37-31)40(32(44)35-27)17-9-16-39(20-23-13-11-22(12-14-23)19-26(42)45-5)25(41)21-38-15-8-10-24(38)30(43)47-33(2,3)4/h11-14,24H,6-10,15-21H2,1-5H3,(H,35,44)(H2,34,36,37)/t24-/m1/s1. The van der Waals surface area contributed by atoms with E-state index in [-0.39, 0.29) is 54.9 Å². The lowest BCUT2D eigenvalue weighted by Gasteiger charge is -2.29. The number of unbranched alkanes of at least 4 members (excludes halogenated alkanes) is 1. The molecule has 47 heavy (non-hydrogen) atoms. The topological polar surface area (TPSA) is 175 Å². The summed E-state index contributed by atoms with van der Waals surface area (Å²) in [7, 11) is 1.35. The summed E-state index contributed by atoms with van der Waals surface area (Å²) >= 11 is 0. The van der Waals surface area contributed by atoms with E-state index in [0.717, 1.165) is 30.4 Å². The number of aromatic amines is 1. The number of nitrogen functional groups attached to an aromatic ring is 1. The van der Waals surface area contributed by atoms with Gasteiger partial charge in [0.2, 0.25) is 5.91 Å². The zero-order chi connectivity index (χ0) is 34.1. The summed E-state index contributed by atoms with van der Waals surface area (Å²) in [6.45, 7) is 9.51. The zero-order valence-electron chi connectivity index (χ0n) is 28.0. The number of esters is 2. The van der Waals surface area contributed by atoms with Crippen LogP contribution in [0.3, 0.4) is 0 Å². The van der Waals surface area contributed by atoms with Gasteiger partial charge in [-0.05, 0) is 64.1 Å². The Balaban J connectivity index is 1.50. The molecule has 0 radical (unpaired) electrons. The molecular weight excluding hydrogens is 606 g/mol. The van der Waals surface area contributed by atoms with E-state index in [1.807, 2.05) is 56.9 Å². The summed E-state index contributed by atoms with van der Waals surface area (Å²) in [4.78, 5) is 66.3. The third-order valence-corrected chi connectivity index (χ3v) is 7.88. The summed E-state index contributed by atoms with van der Waals surface area (Å²) < 4.78 is 17.5. The molecule has 1 aliphatic heterocycles. The lowest BCUT2D eigenvalue weighted by molar-refractivity contribution is -0.160. The number of ether oxygens (including phenoxy) is 3. The first kappa shape index (κ1) is 35.4. The smallest absolute Gasteiger partial charge is 0.327 e. The molecule has 2 aromatic heterocycles. The molecular formula is C33H47N7O7. The van der Waals surface area contributed by atoms with Crippen LogP contribution in [0.2, 0.25) is 0 Å². The third kappa shape index (κ3) is 9.77. The van der Waals surface area contributed by atoms with Crippen molar-refractivity contribution in [2.75, 3.05) is 39.1 Å². The van der Waals surface area contributed by atoms with Crippen LogP contribution in [0.1, 0.15) is 70.9 Å². The molecule has 3 N–H and O–H groups in total. The molecule has 1 aliphatic rings. The molecule has 3 aromatic rings. The molecule has 1 amide bonds. The zero-order valence-corrected chi connectivity index (χ0v) is 28.0. The molecule has 0 unspecified atom stereocenters. The number of hydrogen-bond acceptors (Lipinski definition) is 11. The number of hydrogen-bond donors (Lipinski definition) is 2. The number of aromatic nitrogens is 4. The van der Waals surface area contributed by atoms with Crippen molar-refractivity contribution >= 4 is 34.8 Å². The number of likely N-dealkylation sites (tertiary alicyclic amines) is 1. The number of aryl methyl sites for hydroxylation is 1. The lowest BCUT2D eigenvalue weighted by Crippen LogP contribution is -2.46. The molecule has 0 bridgehead atoms. The minimum Gasteiger partial charge on any atom is -0.469 e. The summed E-state index contributed by atoms with van der Waals surface area (Å²) in [6.07, 6.45) is 3.78. The molecule has 0 spiro atoms. The first-order valence-electron chi connectivity index (χ1n) is 16.2. The Bertz CT molecular complexity index is 1590. The molecule has 1 saturated heterocycles. The monoisotopic (exact) mass is 653 g/mol. The molecule has 1 fully saturated rings. The Morgan fingerprint density at radius 3 is 2.51 bits per heavy atom. The molecule has 0 saturated carbocycles. The van der Waals surface area contributed by atoms with Gasteiger partial charge in [0, 0.05) is 19.6 Å². The van der Waals surface area contributed by atoms with Crippen LogP contribution in [0, 0.1) is 0 Å². The number of H-pyrrole nitrogens is 1. The van der Waals surface area contributed by atoms with Gasteiger partial charge in [0.1, 0.15) is 17.2 Å². The quantitative estimate of drug-likeness (QED) is 0.182. The van der Waals surface area contributed by atoms with Crippen molar-refractivity contribution in [3.8, 4) is 6.01 Å². The Labute approximate surface area is 274 Å². The van der Waals surface area contributed by atoms with E-state index in [1.165, 1.54) is 11.7 Å². The lowest BCUT2D eigenvalue weighted by atomic mass is 10.1. The van der Waals surface area contributed by atoms with E-state index in [2.05, 4.69) is 15.0 Å². The van der Waals surface area contributed by atoms with Crippen molar-refractivity contribution in [3.05, 3.63) is 45.9 Å². The van der Waals surface area contributed by atoms with Gasteiger partial charge in [-0.2, -0.15) is 9.97 Å². The molecule has 14 heteroatoms. The number of amides is 1. The number of rotatable bonds is 15. The highest BCUT2D eigenvalue weighted by Crippen LogP contribution is 2.22. The van der Waals surface area contributed by atoms with Crippen LogP contribution in [0.4, 0.5) is 5.82 Å². The summed E-state index contributed by atoms with van der Waals surface area (Å²) in [5, 5.41) is 0. The van der Waals surface area contributed by atoms with E-state index in [1.54, 1.807) is 4.90 Å². The van der Waals surface area contributed by atoms with E-state index in [4.69, 9.17) is 19.9 Å². The number of imidazole rings is 1. The van der Waals surface area contributed by atoms with Crippen molar-refractivity contribution in [1.82, 2.24) is 29.3 Å². The number of fused-ring (bicyclic) bond motifs is 1. The Morgan fingerprint density at radius 1 is 1.11 bits per heavy atom. The third-order valence-electron chi connectivity index (χ3n) is 7.88. The van der Waals surface area contributed by atoms with Crippen LogP contribution < -0.4 is 16.2 Å². The van der Waals surface area contributed by atoms with Gasteiger partial charge >= 0.3 is 23.6 Å². The summed E-state index contributed by atoms with van der Waals surface area (Å²) in [5.74, 6) is -0.689. The number of nitrogens with two attached hydrogens (primary N) is 1. The van der Waals surface area contributed by atoms with Crippen molar-refractivity contribution < 1.29 is 28.6 Å². The second-order valence-electron chi connectivity index (χ2n) is 12.8. The Kier molecular flexibility index (Phi) is 12.0. The van der Waals surface area contributed by atoms with Crippen LogP contribution in [0.15, 0.2) is 29.1 Å². The van der Waals surface area contributed by atoms with Crippen LogP contribution in [0.25, 0.3) is 11.2 Å². The minimum absolute atomic E-state index is 0.0551. The van der Waals surface area contributed by atoms with Crippen molar-refractivity contribution in [2.24, 2.45) is 0 Å². The van der Waals surface area contributed by atoms with Gasteiger partial charge in [0.05, 0.1) is 26.7 Å². The largest absolute Gasteiger partial charge is 0.469 e. The second-order valence-corrected chi connectivity index (χ2v) is 12.8. The van der Waals surface area contributed by atoms with Crippen molar-refractivity contribution in [3.63, 3.8) is 0 Å². The van der Waals surface area contributed by atoms with E-state index in [9.17, 15) is 19.2 Å². The predicted molar refractivity (Wildman–Crippen MR) is 176 cm³/mol. The van der Waals surface area contributed by atoms with Gasteiger partial charge in [-0.1, -0.05) is 37.6 Å². The van der Waals surface area contributed by atoms with E-state index < -0.39 is 11.6 Å². The number of carbonyl (C=O) groups excluding carboxylic acids is 3. The van der Waals surface area contributed by atoms with Crippen molar-refractivity contribution in [2.45, 2.75) is 91.0 Å². The minimum atomic E-state index is -0.625. The van der Waals surface area contributed by atoms with Gasteiger partial charge in [-0.25, -0.2) is 4.79 Å². The molecule has 1 aromatic carbocycles. The number of methoxy groups -OCH3 is 1. The Hall–Kier alpha value is -4.46. The molecule has 256 valence electrons. The van der Waals surface area contributed by atoms with Crippen LogP contribution >= 0.6 is 0 Å². The van der Waals surface area contributed by atoms with Gasteiger partial charge < -0.3 is 29.8 Å². The molecule has 4 rings (SSSR count). The maximum atomic E-state index is 13.8. The summed E-state index contributed by atoms with van der Waals surface area (Å²) in [6, 6.07) is 7.05. The summed E-state index contributed by atoms with van der Waals surface area (Å²) in [5.41, 5.74) is 7.44. The maximum Gasteiger partial charge on any atom is 0.327 e. The fourth-order valence-corrected chi connectivity index (χ4v) is 5.47. The van der Waals surface area contributed by atoms with Gasteiger partial charge in [0.15, 0.2) is 11.5 Å². The van der Waals surface area contributed by atoms with Crippen LogP contribution in [-0.4, -0.2) is 92.2 Å².